The molecule has 0 N–H and O–H groups in total. The van der Waals surface area contributed by atoms with Gasteiger partial charge in [0.2, 0.25) is 0 Å². The Labute approximate surface area is 360 Å². The molecule has 2 heterocycles. The van der Waals surface area contributed by atoms with Crippen molar-refractivity contribution in [3.8, 4) is 67.3 Å². The second-order valence-electron chi connectivity index (χ2n) is 16.0. The molecule has 3 heteroatoms. The fourth-order valence-electron chi connectivity index (χ4n) is 9.86. The smallest absolute Gasteiger partial charge is 0.160 e. The molecule has 62 heavy (non-hydrogen) atoms. The Kier molecular flexibility index (Phi) is 8.39. The quantitative estimate of drug-likeness (QED) is 0.161. The number of benzene rings is 9. The van der Waals surface area contributed by atoms with Crippen LogP contribution in [0.1, 0.15) is 22.3 Å². The van der Waals surface area contributed by atoms with Gasteiger partial charge in [0.15, 0.2) is 5.82 Å². The van der Waals surface area contributed by atoms with Gasteiger partial charge in [0.05, 0.1) is 16.8 Å². The van der Waals surface area contributed by atoms with E-state index in [1.807, 2.05) is 36.4 Å². The van der Waals surface area contributed by atoms with E-state index in [9.17, 15) is 0 Å². The van der Waals surface area contributed by atoms with Crippen LogP contribution in [0, 0.1) is 0 Å². The van der Waals surface area contributed by atoms with Gasteiger partial charge in [-0.05, 0) is 79.9 Å². The number of nitrogens with zero attached hydrogens (tertiary/aromatic N) is 2. The minimum atomic E-state index is -0.496. The van der Waals surface area contributed by atoms with Gasteiger partial charge in [-0.15, -0.1) is 0 Å². The Bertz CT molecular complexity index is 3400. The molecule has 290 valence electrons. The first-order valence-electron chi connectivity index (χ1n) is 21.1. The third-order valence-electron chi connectivity index (χ3n) is 12.6. The minimum Gasteiger partial charge on any atom is -0.456 e. The van der Waals surface area contributed by atoms with Crippen LogP contribution in [0.15, 0.2) is 235 Å². The normalized spacial score (nSPS) is 12.6. The predicted molar refractivity (Wildman–Crippen MR) is 254 cm³/mol. The Morgan fingerprint density at radius 1 is 0.323 bits per heavy atom. The number of para-hydroxylation sites is 1. The Morgan fingerprint density at radius 3 is 1.63 bits per heavy atom. The summed E-state index contributed by atoms with van der Waals surface area (Å²) in [6.45, 7) is 0. The SMILES string of the molecule is c1ccc(-c2nc(-c3ccc(-c4cccc5oc6ccccc6c45)cc3)cc(-c3ccccc3-c3ccc4c(c3)C(c3ccccc3)(c3ccccc3)c3ccccc3-4)n2)cc1. The van der Waals surface area contributed by atoms with Crippen molar-refractivity contribution in [2.75, 3.05) is 0 Å². The van der Waals surface area contributed by atoms with E-state index in [4.69, 9.17) is 14.4 Å². The number of hydrogen-bond acceptors (Lipinski definition) is 3. The molecule has 0 amide bonds. The fraction of sp³-hybridized carbons (Fsp3) is 0.0169. The number of furan rings is 1. The van der Waals surface area contributed by atoms with Crippen molar-refractivity contribution in [2.45, 2.75) is 5.41 Å². The molecular formula is C59H38N2O. The average Bonchev–Trinajstić information content (AvgIpc) is 3.89. The summed E-state index contributed by atoms with van der Waals surface area (Å²) < 4.78 is 6.23. The lowest BCUT2D eigenvalue weighted by molar-refractivity contribution is 0.669. The van der Waals surface area contributed by atoms with Gasteiger partial charge < -0.3 is 4.42 Å². The Balaban J connectivity index is 1.01. The van der Waals surface area contributed by atoms with Gasteiger partial charge in [-0.3, -0.25) is 0 Å². The maximum atomic E-state index is 6.23. The predicted octanol–water partition coefficient (Wildman–Crippen LogP) is 15.1. The lowest BCUT2D eigenvalue weighted by atomic mass is 9.67. The molecule has 0 aliphatic heterocycles. The van der Waals surface area contributed by atoms with Crippen LogP contribution in [-0.4, -0.2) is 9.97 Å². The second-order valence-corrected chi connectivity index (χ2v) is 16.0. The second kappa shape index (κ2) is 14.5. The molecule has 12 rings (SSSR count). The number of fused-ring (bicyclic) bond motifs is 6. The topological polar surface area (TPSA) is 38.9 Å². The molecular weight excluding hydrogens is 753 g/mol. The van der Waals surface area contributed by atoms with Crippen molar-refractivity contribution in [3.63, 3.8) is 0 Å². The highest BCUT2D eigenvalue weighted by atomic mass is 16.3. The lowest BCUT2D eigenvalue weighted by Crippen LogP contribution is -2.28. The summed E-state index contributed by atoms with van der Waals surface area (Å²) in [5, 5.41) is 2.25. The van der Waals surface area contributed by atoms with Crippen LogP contribution in [0.3, 0.4) is 0 Å². The summed E-state index contributed by atoms with van der Waals surface area (Å²) >= 11 is 0. The van der Waals surface area contributed by atoms with Crippen molar-refractivity contribution < 1.29 is 4.42 Å². The van der Waals surface area contributed by atoms with Gasteiger partial charge in [-0.25, -0.2) is 9.97 Å². The average molecular weight is 791 g/mol. The number of hydrogen-bond donors (Lipinski definition) is 0. The van der Waals surface area contributed by atoms with E-state index in [0.717, 1.165) is 72.3 Å². The van der Waals surface area contributed by atoms with Crippen LogP contribution in [0.4, 0.5) is 0 Å². The molecule has 0 bridgehead atoms. The van der Waals surface area contributed by atoms with Crippen molar-refractivity contribution >= 4 is 21.9 Å². The van der Waals surface area contributed by atoms with Gasteiger partial charge in [0.1, 0.15) is 11.2 Å². The minimum absolute atomic E-state index is 0.496. The third-order valence-corrected chi connectivity index (χ3v) is 12.6. The molecule has 11 aromatic rings. The van der Waals surface area contributed by atoms with E-state index in [-0.39, 0.29) is 0 Å². The summed E-state index contributed by atoms with van der Waals surface area (Å²) in [7, 11) is 0. The molecule has 0 saturated carbocycles. The van der Waals surface area contributed by atoms with Crippen LogP contribution in [-0.2, 0) is 5.41 Å². The molecule has 1 aliphatic rings. The fourth-order valence-corrected chi connectivity index (χ4v) is 9.86. The molecule has 3 nitrogen and oxygen atoms in total. The van der Waals surface area contributed by atoms with Crippen LogP contribution < -0.4 is 0 Å². The van der Waals surface area contributed by atoms with Gasteiger partial charge in [-0.2, -0.15) is 0 Å². The van der Waals surface area contributed by atoms with Crippen molar-refractivity contribution in [3.05, 3.63) is 253 Å². The highest BCUT2D eigenvalue weighted by molar-refractivity contribution is 6.12. The van der Waals surface area contributed by atoms with E-state index < -0.39 is 5.41 Å². The molecule has 0 atom stereocenters. The molecule has 9 aromatic carbocycles. The molecule has 0 fully saturated rings. The zero-order valence-corrected chi connectivity index (χ0v) is 33.7. The lowest BCUT2D eigenvalue weighted by Gasteiger charge is -2.34. The monoisotopic (exact) mass is 790 g/mol. The zero-order chi connectivity index (χ0) is 41.0. The Hall–Kier alpha value is -8.14. The van der Waals surface area contributed by atoms with Gasteiger partial charge >= 0.3 is 0 Å². The molecule has 2 aromatic heterocycles. The summed E-state index contributed by atoms with van der Waals surface area (Å²) in [4.78, 5) is 10.5. The largest absolute Gasteiger partial charge is 0.456 e. The third kappa shape index (κ3) is 5.67. The zero-order valence-electron chi connectivity index (χ0n) is 33.7. The van der Waals surface area contributed by atoms with Crippen LogP contribution in [0.25, 0.3) is 89.2 Å². The number of aromatic nitrogens is 2. The van der Waals surface area contributed by atoms with E-state index in [1.54, 1.807) is 0 Å². The molecule has 0 unspecified atom stereocenters. The summed E-state index contributed by atoms with van der Waals surface area (Å²) in [6, 6.07) is 82.3. The van der Waals surface area contributed by atoms with Gasteiger partial charge in [0.25, 0.3) is 0 Å². The first-order valence-corrected chi connectivity index (χ1v) is 21.1. The van der Waals surface area contributed by atoms with E-state index in [0.29, 0.717) is 5.82 Å². The molecule has 0 spiro atoms. The molecule has 1 aliphatic carbocycles. The summed E-state index contributed by atoms with van der Waals surface area (Å²) in [5.74, 6) is 0.684. The van der Waals surface area contributed by atoms with Crippen LogP contribution >= 0.6 is 0 Å². The maximum Gasteiger partial charge on any atom is 0.160 e. The number of rotatable bonds is 7. The van der Waals surface area contributed by atoms with Crippen molar-refractivity contribution in [2.24, 2.45) is 0 Å². The summed E-state index contributed by atoms with van der Waals surface area (Å²) in [6.07, 6.45) is 0. The van der Waals surface area contributed by atoms with E-state index in [1.165, 1.54) is 33.4 Å². The maximum absolute atomic E-state index is 6.23. The van der Waals surface area contributed by atoms with Crippen molar-refractivity contribution in [1.82, 2.24) is 9.97 Å². The first kappa shape index (κ1) is 35.8. The van der Waals surface area contributed by atoms with E-state index >= 15 is 0 Å². The standard InChI is InChI=1S/C59H38N2O/c1-4-17-41(18-5-1)58-60-53(40-33-31-39(32-34-40)46-27-16-30-56-57(46)50-26-13-15-29-55(50)62-56)38-54(61-58)49-25-11-10-23-45(49)42-35-36-48-47-24-12-14-28-51(47)59(52(48)37-42,43-19-6-2-7-20-43)44-21-8-3-9-22-44/h1-38H. The summed E-state index contributed by atoms with van der Waals surface area (Å²) in [5.41, 5.74) is 18.1. The highest BCUT2D eigenvalue weighted by Gasteiger charge is 2.46. The first-order chi connectivity index (χ1) is 30.7. The Morgan fingerprint density at radius 2 is 0.871 bits per heavy atom. The van der Waals surface area contributed by atoms with Crippen LogP contribution in [0.2, 0.25) is 0 Å². The van der Waals surface area contributed by atoms with Gasteiger partial charge in [-0.1, -0.05) is 206 Å². The molecule has 0 radical (unpaired) electrons. The van der Waals surface area contributed by atoms with E-state index in [2.05, 4.69) is 194 Å². The van der Waals surface area contributed by atoms with Crippen molar-refractivity contribution in [1.29, 1.82) is 0 Å². The highest BCUT2D eigenvalue weighted by Crippen LogP contribution is 2.57. The van der Waals surface area contributed by atoms with Crippen LogP contribution in [0.5, 0.6) is 0 Å². The van der Waals surface area contributed by atoms with Gasteiger partial charge in [0, 0.05) is 27.5 Å². The molecule has 0 saturated heterocycles.